The summed E-state index contributed by atoms with van der Waals surface area (Å²) in [6, 6.07) is 3.73. The Labute approximate surface area is 115 Å². The number of aliphatic hydroxyl groups excluding tert-OH is 1. The van der Waals surface area contributed by atoms with Gasteiger partial charge < -0.3 is 10.4 Å². The maximum Gasteiger partial charge on any atom is 0.224 e. The van der Waals surface area contributed by atoms with Gasteiger partial charge in [-0.05, 0) is 36.3 Å². The molecule has 0 aliphatic heterocycles. The molecule has 4 heteroatoms. The molecule has 106 valence electrons. The van der Waals surface area contributed by atoms with Gasteiger partial charge in [-0.2, -0.15) is 0 Å². The topological polar surface area (TPSA) is 62.2 Å². The minimum Gasteiger partial charge on any atom is -0.396 e. The van der Waals surface area contributed by atoms with Gasteiger partial charge in [0.2, 0.25) is 5.91 Å². The Hall–Kier alpha value is -1.42. The van der Waals surface area contributed by atoms with E-state index in [1.165, 1.54) is 0 Å². The number of rotatable bonds is 8. The summed E-state index contributed by atoms with van der Waals surface area (Å²) in [6.07, 6.45) is 6.40. The monoisotopic (exact) mass is 264 g/mol. The van der Waals surface area contributed by atoms with Gasteiger partial charge >= 0.3 is 0 Å². The standard InChI is InChI=1S/C15H24N2O2/c1-3-15(4-2,7-9-18)12-17-14(19)10-13-6-5-8-16-11-13/h5-6,8,11,18H,3-4,7,9-10,12H2,1-2H3,(H,17,19). The number of aromatic nitrogens is 1. The highest BCUT2D eigenvalue weighted by atomic mass is 16.3. The third kappa shape index (κ3) is 4.99. The van der Waals surface area contributed by atoms with E-state index < -0.39 is 0 Å². The molecular formula is C15H24N2O2. The Morgan fingerprint density at radius 2 is 2.16 bits per heavy atom. The number of carbonyl (C=O) groups excluding carboxylic acids is 1. The Kier molecular flexibility index (Phi) is 6.50. The lowest BCUT2D eigenvalue weighted by Crippen LogP contribution is -2.38. The smallest absolute Gasteiger partial charge is 0.224 e. The zero-order valence-electron chi connectivity index (χ0n) is 11.9. The second kappa shape index (κ2) is 7.89. The van der Waals surface area contributed by atoms with Crippen molar-refractivity contribution in [1.29, 1.82) is 0 Å². The Morgan fingerprint density at radius 1 is 1.42 bits per heavy atom. The summed E-state index contributed by atoms with van der Waals surface area (Å²) in [7, 11) is 0. The first-order valence-corrected chi connectivity index (χ1v) is 6.92. The van der Waals surface area contributed by atoms with Gasteiger partial charge in [0.25, 0.3) is 0 Å². The average Bonchev–Trinajstić information content (AvgIpc) is 2.45. The van der Waals surface area contributed by atoms with Crippen LogP contribution in [-0.2, 0) is 11.2 Å². The van der Waals surface area contributed by atoms with Crippen molar-refractivity contribution in [2.75, 3.05) is 13.2 Å². The van der Waals surface area contributed by atoms with Crippen molar-refractivity contribution in [3.05, 3.63) is 30.1 Å². The average molecular weight is 264 g/mol. The van der Waals surface area contributed by atoms with Crippen LogP contribution in [0.15, 0.2) is 24.5 Å². The van der Waals surface area contributed by atoms with Crippen molar-refractivity contribution in [3.8, 4) is 0 Å². The van der Waals surface area contributed by atoms with Crippen LogP contribution in [0.2, 0.25) is 0 Å². The van der Waals surface area contributed by atoms with Gasteiger partial charge in [-0.15, -0.1) is 0 Å². The van der Waals surface area contributed by atoms with Gasteiger partial charge in [0.05, 0.1) is 6.42 Å². The van der Waals surface area contributed by atoms with Crippen LogP contribution in [0.4, 0.5) is 0 Å². The summed E-state index contributed by atoms with van der Waals surface area (Å²) in [5, 5.41) is 12.1. The molecule has 0 saturated carbocycles. The highest BCUT2D eigenvalue weighted by Gasteiger charge is 2.25. The van der Waals surface area contributed by atoms with Gasteiger partial charge in [0.1, 0.15) is 0 Å². The quantitative estimate of drug-likeness (QED) is 0.754. The number of aliphatic hydroxyl groups is 1. The number of hydrogen-bond acceptors (Lipinski definition) is 3. The van der Waals surface area contributed by atoms with Gasteiger partial charge in [0.15, 0.2) is 0 Å². The van der Waals surface area contributed by atoms with E-state index in [-0.39, 0.29) is 17.9 Å². The van der Waals surface area contributed by atoms with Crippen LogP contribution >= 0.6 is 0 Å². The molecule has 1 heterocycles. The van der Waals surface area contributed by atoms with E-state index in [0.29, 0.717) is 13.0 Å². The van der Waals surface area contributed by atoms with Gasteiger partial charge in [-0.3, -0.25) is 9.78 Å². The molecule has 1 aromatic heterocycles. The molecule has 0 saturated heterocycles. The van der Waals surface area contributed by atoms with E-state index in [2.05, 4.69) is 24.1 Å². The van der Waals surface area contributed by atoms with Gasteiger partial charge in [-0.25, -0.2) is 0 Å². The highest BCUT2D eigenvalue weighted by Crippen LogP contribution is 2.29. The van der Waals surface area contributed by atoms with Gasteiger partial charge in [-0.1, -0.05) is 19.9 Å². The molecule has 0 bridgehead atoms. The maximum atomic E-state index is 11.9. The zero-order valence-corrected chi connectivity index (χ0v) is 11.9. The molecule has 0 radical (unpaired) electrons. The number of nitrogens with one attached hydrogen (secondary N) is 1. The zero-order chi connectivity index (χ0) is 14.1. The van der Waals surface area contributed by atoms with Crippen molar-refractivity contribution < 1.29 is 9.90 Å². The Morgan fingerprint density at radius 3 is 2.68 bits per heavy atom. The highest BCUT2D eigenvalue weighted by molar-refractivity contribution is 5.78. The first-order valence-electron chi connectivity index (χ1n) is 6.92. The van der Waals surface area contributed by atoms with Crippen LogP contribution in [0.1, 0.15) is 38.7 Å². The largest absolute Gasteiger partial charge is 0.396 e. The molecule has 1 aromatic rings. The number of pyridine rings is 1. The van der Waals surface area contributed by atoms with E-state index in [4.69, 9.17) is 5.11 Å². The van der Waals surface area contributed by atoms with E-state index in [0.717, 1.165) is 24.8 Å². The summed E-state index contributed by atoms with van der Waals surface area (Å²) in [5.41, 5.74) is 0.931. The Balaban J connectivity index is 2.48. The second-order valence-corrected chi connectivity index (χ2v) is 5.00. The molecule has 2 N–H and O–H groups in total. The molecule has 0 aliphatic carbocycles. The van der Waals surface area contributed by atoms with Crippen molar-refractivity contribution in [1.82, 2.24) is 10.3 Å². The van der Waals surface area contributed by atoms with Crippen LogP contribution in [0.3, 0.4) is 0 Å². The maximum absolute atomic E-state index is 11.9. The summed E-state index contributed by atoms with van der Waals surface area (Å²) in [4.78, 5) is 15.9. The fraction of sp³-hybridized carbons (Fsp3) is 0.600. The van der Waals surface area contributed by atoms with E-state index in [1.807, 2.05) is 12.1 Å². The molecular weight excluding hydrogens is 240 g/mol. The first-order chi connectivity index (χ1) is 9.15. The molecule has 0 aromatic carbocycles. The molecule has 0 unspecified atom stereocenters. The molecule has 0 fully saturated rings. The number of hydrogen-bond donors (Lipinski definition) is 2. The van der Waals surface area contributed by atoms with Crippen molar-refractivity contribution in [2.45, 2.75) is 39.5 Å². The van der Waals surface area contributed by atoms with E-state index >= 15 is 0 Å². The molecule has 0 aliphatic rings. The SMILES string of the molecule is CCC(CC)(CCO)CNC(=O)Cc1cccnc1. The normalized spacial score (nSPS) is 11.3. The van der Waals surface area contributed by atoms with Gasteiger partial charge in [0, 0.05) is 25.5 Å². The van der Waals surface area contributed by atoms with Crippen LogP contribution < -0.4 is 5.32 Å². The fourth-order valence-corrected chi connectivity index (χ4v) is 2.22. The number of carbonyl (C=O) groups is 1. The second-order valence-electron chi connectivity index (χ2n) is 5.00. The number of nitrogens with zero attached hydrogens (tertiary/aromatic N) is 1. The molecule has 4 nitrogen and oxygen atoms in total. The van der Waals surface area contributed by atoms with Crippen molar-refractivity contribution >= 4 is 5.91 Å². The molecule has 1 amide bonds. The Bertz CT molecular complexity index is 375. The van der Waals surface area contributed by atoms with E-state index in [1.54, 1.807) is 12.4 Å². The summed E-state index contributed by atoms with van der Waals surface area (Å²) in [5.74, 6) is 0.0113. The van der Waals surface area contributed by atoms with Crippen LogP contribution in [-0.4, -0.2) is 29.1 Å². The van der Waals surface area contributed by atoms with Crippen molar-refractivity contribution in [2.24, 2.45) is 5.41 Å². The molecule has 19 heavy (non-hydrogen) atoms. The lowest BCUT2D eigenvalue weighted by Gasteiger charge is -2.31. The third-order valence-corrected chi connectivity index (χ3v) is 3.89. The summed E-state index contributed by atoms with van der Waals surface area (Å²) < 4.78 is 0. The molecule has 1 rings (SSSR count). The predicted octanol–water partition coefficient (Wildman–Crippen LogP) is 1.93. The first kappa shape index (κ1) is 15.6. The van der Waals surface area contributed by atoms with Crippen LogP contribution in [0.25, 0.3) is 0 Å². The lowest BCUT2D eigenvalue weighted by atomic mass is 9.79. The van der Waals surface area contributed by atoms with Crippen molar-refractivity contribution in [3.63, 3.8) is 0 Å². The van der Waals surface area contributed by atoms with Crippen LogP contribution in [0, 0.1) is 5.41 Å². The third-order valence-electron chi connectivity index (χ3n) is 3.89. The van der Waals surface area contributed by atoms with E-state index in [9.17, 15) is 4.79 Å². The lowest BCUT2D eigenvalue weighted by molar-refractivity contribution is -0.121. The van der Waals surface area contributed by atoms with Crippen LogP contribution in [0.5, 0.6) is 0 Å². The minimum atomic E-state index is 0.0113. The summed E-state index contributed by atoms with van der Waals surface area (Å²) >= 11 is 0. The molecule has 0 spiro atoms. The molecule has 0 atom stereocenters. The number of amides is 1. The predicted molar refractivity (Wildman–Crippen MR) is 75.7 cm³/mol. The fourth-order valence-electron chi connectivity index (χ4n) is 2.22. The minimum absolute atomic E-state index is 0.0113. The summed E-state index contributed by atoms with van der Waals surface area (Å²) in [6.45, 7) is 5.00.